The SMILES string of the molecule is COc1ccc(-c2nc(SCC(=O)Nc3c(C)cc(I)cc3C)n[nH]2)cc1. The molecule has 0 saturated heterocycles. The molecule has 0 saturated carbocycles. The largest absolute Gasteiger partial charge is 0.497 e. The third-order valence-corrected chi connectivity index (χ3v) is 5.39. The number of amides is 1. The number of ether oxygens (including phenoxy) is 1. The van der Waals surface area contributed by atoms with Crippen molar-refractivity contribution in [3.8, 4) is 17.1 Å². The van der Waals surface area contributed by atoms with E-state index in [-0.39, 0.29) is 11.7 Å². The van der Waals surface area contributed by atoms with Crippen molar-refractivity contribution in [2.45, 2.75) is 19.0 Å². The van der Waals surface area contributed by atoms with Crippen LogP contribution in [0.25, 0.3) is 11.4 Å². The van der Waals surface area contributed by atoms with Gasteiger partial charge in [-0.1, -0.05) is 11.8 Å². The molecule has 3 rings (SSSR count). The van der Waals surface area contributed by atoms with E-state index in [1.165, 1.54) is 11.8 Å². The first-order chi connectivity index (χ1) is 13.0. The first-order valence-electron chi connectivity index (χ1n) is 8.22. The number of thioether (sulfide) groups is 1. The maximum absolute atomic E-state index is 12.3. The Morgan fingerprint density at radius 1 is 1.22 bits per heavy atom. The van der Waals surface area contributed by atoms with Gasteiger partial charge in [0.25, 0.3) is 0 Å². The van der Waals surface area contributed by atoms with Crippen LogP contribution in [0.1, 0.15) is 11.1 Å². The number of carbonyl (C=O) groups excluding carboxylic acids is 1. The van der Waals surface area contributed by atoms with E-state index in [1.54, 1.807) is 7.11 Å². The minimum atomic E-state index is -0.0804. The van der Waals surface area contributed by atoms with Crippen LogP contribution < -0.4 is 10.1 Å². The molecule has 0 spiro atoms. The Labute approximate surface area is 175 Å². The Morgan fingerprint density at radius 3 is 2.52 bits per heavy atom. The molecule has 0 fully saturated rings. The molecule has 1 heterocycles. The van der Waals surface area contributed by atoms with Crippen molar-refractivity contribution in [3.63, 3.8) is 0 Å². The zero-order valence-electron chi connectivity index (χ0n) is 15.2. The number of aryl methyl sites for hydroxylation is 2. The summed E-state index contributed by atoms with van der Waals surface area (Å²) in [6, 6.07) is 11.6. The van der Waals surface area contributed by atoms with Gasteiger partial charge in [0, 0.05) is 14.8 Å². The summed E-state index contributed by atoms with van der Waals surface area (Å²) >= 11 is 3.57. The number of benzene rings is 2. The maximum atomic E-state index is 12.3. The molecular formula is C19H19IN4O2S. The quantitative estimate of drug-likeness (QED) is 0.392. The van der Waals surface area contributed by atoms with Crippen molar-refractivity contribution in [1.82, 2.24) is 15.2 Å². The van der Waals surface area contributed by atoms with Crippen molar-refractivity contribution in [3.05, 3.63) is 51.1 Å². The normalized spacial score (nSPS) is 10.7. The predicted molar refractivity (Wildman–Crippen MR) is 116 cm³/mol. The van der Waals surface area contributed by atoms with Gasteiger partial charge in [0.2, 0.25) is 11.1 Å². The van der Waals surface area contributed by atoms with E-state index in [0.717, 1.165) is 31.7 Å². The molecule has 6 nitrogen and oxygen atoms in total. The molecule has 0 radical (unpaired) electrons. The second-order valence-corrected chi connectivity index (χ2v) is 8.13. The number of aromatic amines is 1. The van der Waals surface area contributed by atoms with Crippen LogP contribution in [0.5, 0.6) is 5.75 Å². The number of H-pyrrole nitrogens is 1. The lowest BCUT2D eigenvalue weighted by Gasteiger charge is -2.11. The Balaban J connectivity index is 1.60. The number of aromatic nitrogens is 3. The number of hydrogen-bond donors (Lipinski definition) is 2. The Morgan fingerprint density at radius 2 is 1.89 bits per heavy atom. The van der Waals surface area contributed by atoms with Gasteiger partial charge in [0.05, 0.1) is 12.9 Å². The highest BCUT2D eigenvalue weighted by atomic mass is 127. The van der Waals surface area contributed by atoms with Gasteiger partial charge in [-0.15, -0.1) is 5.10 Å². The molecule has 2 aromatic carbocycles. The predicted octanol–water partition coefficient (Wildman–Crippen LogP) is 4.43. The molecule has 27 heavy (non-hydrogen) atoms. The molecule has 0 unspecified atom stereocenters. The van der Waals surface area contributed by atoms with Crippen LogP contribution in [0.4, 0.5) is 5.69 Å². The van der Waals surface area contributed by atoms with Gasteiger partial charge in [-0.2, -0.15) is 0 Å². The molecule has 0 aliphatic carbocycles. The third kappa shape index (κ3) is 5.01. The highest BCUT2D eigenvalue weighted by molar-refractivity contribution is 14.1. The van der Waals surface area contributed by atoms with Crippen LogP contribution in [0.15, 0.2) is 41.6 Å². The van der Waals surface area contributed by atoms with Gasteiger partial charge >= 0.3 is 0 Å². The number of halogens is 1. The van der Waals surface area contributed by atoms with E-state index in [1.807, 2.05) is 50.2 Å². The third-order valence-electron chi connectivity index (χ3n) is 3.92. The fraction of sp³-hybridized carbons (Fsp3) is 0.211. The number of anilines is 1. The van der Waals surface area contributed by atoms with E-state index < -0.39 is 0 Å². The van der Waals surface area contributed by atoms with E-state index in [4.69, 9.17) is 4.74 Å². The van der Waals surface area contributed by atoms with Crippen molar-refractivity contribution in [1.29, 1.82) is 0 Å². The molecule has 0 aliphatic heterocycles. The van der Waals surface area contributed by atoms with Crippen molar-refractivity contribution >= 4 is 45.9 Å². The van der Waals surface area contributed by atoms with Gasteiger partial charge in [0.15, 0.2) is 5.82 Å². The molecular weight excluding hydrogens is 475 g/mol. The molecule has 1 amide bonds. The standard InChI is InChI=1S/C19H19IN4O2S/c1-11-8-14(20)9-12(2)17(11)21-16(25)10-27-19-22-18(23-24-19)13-4-6-15(26-3)7-5-13/h4-9H,10H2,1-3H3,(H,21,25)(H,22,23,24). The topological polar surface area (TPSA) is 79.9 Å². The van der Waals surface area contributed by atoms with Crippen LogP contribution in [0.2, 0.25) is 0 Å². The summed E-state index contributed by atoms with van der Waals surface area (Å²) in [5.41, 5.74) is 3.88. The molecule has 2 N–H and O–H groups in total. The number of nitrogens with zero attached hydrogens (tertiary/aromatic N) is 2. The van der Waals surface area contributed by atoms with E-state index >= 15 is 0 Å². The highest BCUT2D eigenvalue weighted by Gasteiger charge is 2.12. The van der Waals surface area contributed by atoms with Gasteiger partial charge in [-0.3, -0.25) is 9.89 Å². The summed E-state index contributed by atoms with van der Waals surface area (Å²) in [4.78, 5) is 16.7. The minimum Gasteiger partial charge on any atom is -0.497 e. The van der Waals surface area contributed by atoms with Crippen molar-refractivity contribution < 1.29 is 9.53 Å². The molecule has 140 valence electrons. The van der Waals surface area contributed by atoms with E-state index in [0.29, 0.717) is 11.0 Å². The first-order valence-corrected chi connectivity index (χ1v) is 10.3. The first kappa shape index (κ1) is 19.7. The van der Waals surface area contributed by atoms with Crippen LogP contribution in [-0.2, 0) is 4.79 Å². The zero-order chi connectivity index (χ0) is 19.4. The Hall–Kier alpha value is -2.07. The number of hydrogen-bond acceptors (Lipinski definition) is 5. The fourth-order valence-electron chi connectivity index (χ4n) is 2.60. The monoisotopic (exact) mass is 494 g/mol. The summed E-state index contributed by atoms with van der Waals surface area (Å²) in [6.07, 6.45) is 0. The van der Waals surface area contributed by atoms with Crippen LogP contribution >= 0.6 is 34.4 Å². The Bertz CT molecular complexity index is 934. The average molecular weight is 494 g/mol. The van der Waals surface area contributed by atoms with Gasteiger partial charge in [-0.05, 0) is 84.0 Å². The second kappa shape index (κ2) is 8.75. The second-order valence-electron chi connectivity index (χ2n) is 5.95. The van der Waals surface area contributed by atoms with E-state index in [2.05, 4.69) is 43.1 Å². The molecule has 0 atom stereocenters. The number of rotatable bonds is 6. The smallest absolute Gasteiger partial charge is 0.234 e. The summed E-state index contributed by atoms with van der Waals surface area (Å²) in [6.45, 7) is 3.99. The van der Waals surface area contributed by atoms with Crippen LogP contribution in [-0.4, -0.2) is 34.0 Å². The summed E-state index contributed by atoms with van der Waals surface area (Å²) in [5.74, 6) is 1.60. The zero-order valence-corrected chi connectivity index (χ0v) is 18.1. The number of methoxy groups -OCH3 is 1. The van der Waals surface area contributed by atoms with Crippen LogP contribution in [0.3, 0.4) is 0 Å². The van der Waals surface area contributed by atoms with Crippen molar-refractivity contribution in [2.24, 2.45) is 0 Å². The summed E-state index contributed by atoms with van der Waals surface area (Å²) in [7, 11) is 1.63. The van der Waals surface area contributed by atoms with Crippen molar-refractivity contribution in [2.75, 3.05) is 18.2 Å². The van der Waals surface area contributed by atoms with Gasteiger partial charge in [0.1, 0.15) is 5.75 Å². The summed E-state index contributed by atoms with van der Waals surface area (Å²) in [5, 5.41) is 10.6. The molecule has 0 aliphatic rings. The maximum Gasteiger partial charge on any atom is 0.234 e. The van der Waals surface area contributed by atoms with Gasteiger partial charge < -0.3 is 10.1 Å². The Kier molecular flexibility index (Phi) is 6.38. The lowest BCUT2D eigenvalue weighted by Crippen LogP contribution is -2.16. The van der Waals surface area contributed by atoms with E-state index in [9.17, 15) is 4.79 Å². The fourth-order valence-corrected chi connectivity index (χ4v) is 4.14. The lowest BCUT2D eigenvalue weighted by molar-refractivity contribution is -0.113. The highest BCUT2D eigenvalue weighted by Crippen LogP contribution is 2.24. The minimum absolute atomic E-state index is 0.0804. The van der Waals surface area contributed by atoms with Crippen LogP contribution in [0, 0.1) is 17.4 Å². The molecule has 3 aromatic rings. The average Bonchev–Trinajstić information content (AvgIpc) is 3.12. The number of carbonyl (C=O) groups is 1. The molecule has 8 heteroatoms. The molecule has 1 aromatic heterocycles. The van der Waals surface area contributed by atoms with Gasteiger partial charge in [-0.25, -0.2) is 4.98 Å². The molecule has 0 bridgehead atoms. The summed E-state index contributed by atoms with van der Waals surface area (Å²) < 4.78 is 6.31. The number of nitrogens with one attached hydrogen (secondary N) is 2. The lowest BCUT2D eigenvalue weighted by atomic mass is 10.1.